The van der Waals surface area contributed by atoms with Gasteiger partial charge in [-0.1, -0.05) is 6.42 Å². The first-order chi connectivity index (χ1) is 15.0. The maximum atomic E-state index is 13.4. The highest BCUT2D eigenvalue weighted by molar-refractivity contribution is 9.10. The predicted molar refractivity (Wildman–Crippen MR) is 115 cm³/mol. The van der Waals surface area contributed by atoms with E-state index >= 15 is 0 Å². The maximum absolute atomic E-state index is 13.4. The van der Waals surface area contributed by atoms with E-state index in [0.717, 1.165) is 12.8 Å². The minimum Gasteiger partial charge on any atom is -0.370 e. The zero-order valence-corrected chi connectivity index (χ0v) is 18.0. The molecule has 1 aromatic heterocycles. The summed E-state index contributed by atoms with van der Waals surface area (Å²) in [6.45, 7) is 0.535. The topological polar surface area (TPSA) is 163 Å². The van der Waals surface area contributed by atoms with Crippen LogP contribution in [0.25, 0.3) is 0 Å². The first kappa shape index (κ1) is 22.6. The maximum Gasteiger partial charge on any atom is 0.226 e. The number of amidine groups is 1. The molecule has 166 valence electrons. The van der Waals surface area contributed by atoms with Crippen LogP contribution < -0.4 is 21.8 Å². The molecule has 0 atom stereocenters. The number of guanidine groups is 1. The van der Waals surface area contributed by atoms with Gasteiger partial charge in [0.1, 0.15) is 5.82 Å². The largest absolute Gasteiger partial charge is 0.370 e. The second-order valence-electron chi connectivity index (χ2n) is 6.88. The number of nitrogens with one attached hydrogen (secondary N) is 3. The van der Waals surface area contributed by atoms with Crippen molar-refractivity contribution in [2.75, 3.05) is 18.4 Å². The molecule has 0 unspecified atom stereocenters. The number of hydrogen-bond acceptors (Lipinski definition) is 8. The molecule has 1 aliphatic rings. The van der Waals surface area contributed by atoms with Crippen molar-refractivity contribution in [1.82, 2.24) is 21.1 Å². The number of aromatic nitrogens is 2. The quantitative estimate of drug-likeness (QED) is 0.160. The van der Waals surface area contributed by atoms with Gasteiger partial charge in [-0.3, -0.25) is 25.8 Å². The number of carbonyl (C=O) groups excluding carboxylic acids is 1. The van der Waals surface area contributed by atoms with Gasteiger partial charge in [-0.2, -0.15) is 0 Å². The molecular formula is C18H22BrFN8O3. The van der Waals surface area contributed by atoms with Gasteiger partial charge in [-0.05, 0) is 63.2 Å². The molecule has 31 heavy (non-hydrogen) atoms. The molecule has 11 nitrogen and oxygen atoms in total. The minimum atomic E-state index is -0.443. The van der Waals surface area contributed by atoms with E-state index in [2.05, 4.69) is 46.9 Å². The van der Waals surface area contributed by atoms with Crippen LogP contribution in [0.2, 0.25) is 0 Å². The average molecular weight is 497 g/mol. The van der Waals surface area contributed by atoms with E-state index in [1.54, 1.807) is 0 Å². The molecule has 1 aliphatic carbocycles. The van der Waals surface area contributed by atoms with E-state index < -0.39 is 5.82 Å². The standard InChI is InChI=1S/C18H22BrFN8O3/c19-12-9-11(4-5-13(12)20)24-17(26-30)15-16(28-31-27-15)22-6-7-23-18(21)25-14(29)8-10-2-1-3-10/h4-5,9-10,30H,1-3,6-8H2,(H,22,28)(H,24,26)(H3,21,23,25,29). The van der Waals surface area contributed by atoms with Crippen LogP contribution in [0.5, 0.6) is 0 Å². The Balaban J connectivity index is 1.54. The SMILES string of the molecule is NC(=NCCNc1nonc1C(=Nc1ccc(F)c(Br)c1)NO)NC(=O)CC1CCC1. The van der Waals surface area contributed by atoms with Crippen molar-refractivity contribution in [2.24, 2.45) is 21.6 Å². The summed E-state index contributed by atoms with van der Waals surface area (Å²) in [5.41, 5.74) is 8.12. The highest BCUT2D eigenvalue weighted by atomic mass is 79.9. The Kier molecular flexibility index (Phi) is 7.89. The Labute approximate surface area is 185 Å². The number of halogens is 2. The van der Waals surface area contributed by atoms with E-state index in [4.69, 9.17) is 10.4 Å². The third-order valence-electron chi connectivity index (χ3n) is 4.62. The summed E-state index contributed by atoms with van der Waals surface area (Å²) in [5, 5.41) is 22.4. The first-order valence-corrected chi connectivity index (χ1v) is 10.4. The van der Waals surface area contributed by atoms with Gasteiger partial charge in [-0.25, -0.2) is 14.0 Å². The molecule has 0 saturated heterocycles. The van der Waals surface area contributed by atoms with E-state index in [9.17, 15) is 14.4 Å². The predicted octanol–water partition coefficient (Wildman–Crippen LogP) is 2.06. The van der Waals surface area contributed by atoms with Gasteiger partial charge in [0.05, 0.1) is 16.7 Å². The van der Waals surface area contributed by atoms with Gasteiger partial charge in [-0.15, -0.1) is 0 Å². The Morgan fingerprint density at radius 1 is 1.39 bits per heavy atom. The van der Waals surface area contributed by atoms with Crippen molar-refractivity contribution in [3.8, 4) is 0 Å². The second kappa shape index (κ2) is 10.8. The highest BCUT2D eigenvalue weighted by Gasteiger charge is 2.21. The lowest BCUT2D eigenvalue weighted by atomic mass is 9.83. The molecule has 13 heteroatoms. The van der Waals surface area contributed by atoms with Crippen LogP contribution in [0.3, 0.4) is 0 Å². The van der Waals surface area contributed by atoms with E-state index in [1.165, 1.54) is 24.6 Å². The molecule has 3 rings (SSSR count). The van der Waals surface area contributed by atoms with Crippen LogP contribution in [0.1, 0.15) is 31.4 Å². The molecule has 0 spiro atoms. The average Bonchev–Trinajstić information content (AvgIpc) is 3.17. The summed E-state index contributed by atoms with van der Waals surface area (Å²) in [4.78, 5) is 20.1. The van der Waals surface area contributed by atoms with E-state index in [-0.39, 0.29) is 40.2 Å². The van der Waals surface area contributed by atoms with Gasteiger partial charge in [0, 0.05) is 13.0 Å². The van der Waals surface area contributed by atoms with E-state index in [1.807, 2.05) is 5.48 Å². The number of anilines is 1. The van der Waals surface area contributed by atoms with Crippen molar-refractivity contribution < 1.29 is 19.0 Å². The van der Waals surface area contributed by atoms with Gasteiger partial charge < -0.3 is 11.1 Å². The summed E-state index contributed by atoms with van der Waals surface area (Å²) >= 11 is 3.07. The summed E-state index contributed by atoms with van der Waals surface area (Å²) in [5.74, 6) is 0.0503. The van der Waals surface area contributed by atoms with Crippen molar-refractivity contribution >= 4 is 45.1 Å². The number of benzene rings is 1. The molecule has 6 N–H and O–H groups in total. The summed E-state index contributed by atoms with van der Waals surface area (Å²) in [6.07, 6.45) is 3.79. The van der Waals surface area contributed by atoms with Crippen molar-refractivity contribution in [3.05, 3.63) is 34.2 Å². The molecular weight excluding hydrogens is 475 g/mol. The smallest absolute Gasteiger partial charge is 0.226 e. The molecule has 0 bridgehead atoms. The number of hydrogen-bond donors (Lipinski definition) is 5. The van der Waals surface area contributed by atoms with Crippen LogP contribution in [0, 0.1) is 11.7 Å². The number of carbonyl (C=O) groups is 1. The van der Waals surface area contributed by atoms with Gasteiger partial charge >= 0.3 is 0 Å². The molecule has 0 radical (unpaired) electrons. The highest BCUT2D eigenvalue weighted by Crippen LogP contribution is 2.29. The zero-order chi connectivity index (χ0) is 22.2. The van der Waals surface area contributed by atoms with Crippen LogP contribution in [0.15, 0.2) is 37.3 Å². The number of aliphatic imine (C=N–C) groups is 2. The van der Waals surface area contributed by atoms with Crippen LogP contribution >= 0.6 is 15.9 Å². The van der Waals surface area contributed by atoms with Crippen LogP contribution in [0.4, 0.5) is 15.9 Å². The van der Waals surface area contributed by atoms with Gasteiger partial charge in [0.2, 0.25) is 11.7 Å². The van der Waals surface area contributed by atoms with E-state index in [0.29, 0.717) is 24.6 Å². The summed E-state index contributed by atoms with van der Waals surface area (Å²) < 4.78 is 18.3. The number of nitrogens with zero attached hydrogens (tertiary/aromatic N) is 4. The zero-order valence-electron chi connectivity index (χ0n) is 16.4. The fraction of sp³-hybridized carbons (Fsp3) is 0.389. The number of rotatable bonds is 8. The molecule has 0 aliphatic heterocycles. The summed E-state index contributed by atoms with van der Waals surface area (Å²) in [7, 11) is 0. The molecule has 1 saturated carbocycles. The minimum absolute atomic E-state index is 0.0470. The second-order valence-corrected chi connectivity index (χ2v) is 7.73. The molecule has 2 aromatic rings. The number of amides is 1. The lowest BCUT2D eigenvalue weighted by molar-refractivity contribution is -0.121. The van der Waals surface area contributed by atoms with Gasteiger partial charge in [0.15, 0.2) is 17.5 Å². The Morgan fingerprint density at radius 3 is 2.87 bits per heavy atom. The third-order valence-corrected chi connectivity index (χ3v) is 5.22. The normalized spacial score (nSPS) is 14.8. The number of nitrogens with two attached hydrogens (primary N) is 1. The lowest BCUT2D eigenvalue weighted by Gasteiger charge is -2.24. The molecule has 1 amide bonds. The molecule has 1 aromatic carbocycles. The van der Waals surface area contributed by atoms with Crippen LogP contribution in [-0.4, -0.2) is 46.3 Å². The molecule has 1 heterocycles. The first-order valence-electron chi connectivity index (χ1n) is 9.56. The summed E-state index contributed by atoms with van der Waals surface area (Å²) in [6, 6.07) is 4.09. The Bertz CT molecular complexity index is 976. The third kappa shape index (κ3) is 6.46. The van der Waals surface area contributed by atoms with Gasteiger partial charge in [0.25, 0.3) is 0 Å². The Morgan fingerprint density at radius 2 is 2.19 bits per heavy atom. The van der Waals surface area contributed by atoms with Crippen molar-refractivity contribution in [1.29, 1.82) is 0 Å². The van der Waals surface area contributed by atoms with Crippen molar-refractivity contribution in [3.63, 3.8) is 0 Å². The fourth-order valence-electron chi connectivity index (χ4n) is 2.82. The number of hydroxylamine groups is 1. The molecule has 1 fully saturated rings. The monoisotopic (exact) mass is 496 g/mol. The Hall–Kier alpha value is -3.06. The fourth-order valence-corrected chi connectivity index (χ4v) is 3.18. The van der Waals surface area contributed by atoms with Crippen molar-refractivity contribution in [2.45, 2.75) is 25.7 Å². The lowest BCUT2D eigenvalue weighted by Crippen LogP contribution is -2.38. The van der Waals surface area contributed by atoms with Crippen LogP contribution in [-0.2, 0) is 4.79 Å².